The quantitative estimate of drug-likeness (QED) is 0.411. The summed E-state index contributed by atoms with van der Waals surface area (Å²) in [7, 11) is -1.08. The fraction of sp³-hybridized carbons (Fsp3) is 0.381. The Hall–Kier alpha value is -2.98. The second kappa shape index (κ2) is 9.88. The Balaban J connectivity index is 1.72. The predicted molar refractivity (Wildman–Crippen MR) is 119 cm³/mol. The van der Waals surface area contributed by atoms with Gasteiger partial charge >= 0.3 is 5.91 Å². The molecule has 31 heavy (non-hydrogen) atoms. The zero-order valence-electron chi connectivity index (χ0n) is 17.7. The molecule has 2 atom stereocenters. The van der Waals surface area contributed by atoms with Crippen molar-refractivity contribution in [3.8, 4) is 11.3 Å². The Morgan fingerprint density at radius 2 is 2.00 bits per heavy atom. The first kappa shape index (κ1) is 22.7. The molecule has 1 saturated heterocycles. The summed E-state index contributed by atoms with van der Waals surface area (Å²) in [6.07, 6.45) is 2.36. The molecule has 0 spiro atoms. The molecule has 0 radical (unpaired) electrons. The highest BCUT2D eigenvalue weighted by molar-refractivity contribution is 7.85. The van der Waals surface area contributed by atoms with Gasteiger partial charge in [-0.1, -0.05) is 26.0 Å². The maximum atomic E-state index is 12.2. The zero-order chi connectivity index (χ0) is 22.5. The van der Waals surface area contributed by atoms with Crippen molar-refractivity contribution in [2.45, 2.75) is 43.4 Å². The van der Waals surface area contributed by atoms with E-state index < -0.39 is 28.5 Å². The van der Waals surface area contributed by atoms with E-state index in [0.29, 0.717) is 17.9 Å². The Labute approximate surface area is 183 Å². The minimum atomic E-state index is -1.08. The lowest BCUT2D eigenvalue weighted by atomic mass is 10.1. The van der Waals surface area contributed by atoms with Crippen molar-refractivity contribution < 1.29 is 13.7 Å². The fourth-order valence-corrected chi connectivity index (χ4v) is 4.01. The van der Waals surface area contributed by atoms with Crippen LogP contribution in [0.25, 0.3) is 11.3 Å². The number of carbonyl (C=O) groups is 1. The number of carbonyl (C=O) groups excluding carboxylic acids is 1. The molecule has 0 bridgehead atoms. The molecule has 1 fully saturated rings. The maximum Gasteiger partial charge on any atom is 0.306 e. The Bertz CT molecular complexity index is 1020. The molecule has 2 unspecified atom stereocenters. The van der Waals surface area contributed by atoms with Crippen molar-refractivity contribution >= 4 is 28.5 Å². The highest BCUT2D eigenvalue weighted by Gasteiger charge is 2.22. The van der Waals surface area contributed by atoms with E-state index in [1.165, 1.54) is 0 Å². The van der Waals surface area contributed by atoms with Gasteiger partial charge in [-0.05, 0) is 32.0 Å². The third-order valence-electron chi connectivity index (χ3n) is 4.79. The largest absolute Gasteiger partial charge is 0.414 e. The predicted octanol–water partition coefficient (Wildman–Crippen LogP) is 1.77. The molecule has 1 aromatic heterocycles. The summed E-state index contributed by atoms with van der Waals surface area (Å²) >= 11 is 0. The number of amides is 1. The molecule has 9 nitrogen and oxygen atoms in total. The Morgan fingerprint density at radius 3 is 2.61 bits per heavy atom. The second-order valence-corrected chi connectivity index (χ2v) is 9.49. The van der Waals surface area contributed by atoms with Crippen molar-refractivity contribution in [1.82, 2.24) is 20.6 Å². The van der Waals surface area contributed by atoms with Crippen molar-refractivity contribution in [2.75, 3.05) is 13.1 Å². The van der Waals surface area contributed by atoms with Gasteiger partial charge in [0.15, 0.2) is 0 Å². The summed E-state index contributed by atoms with van der Waals surface area (Å²) in [5.41, 5.74) is 1.84. The topological polar surface area (TPSA) is 141 Å². The molecular weight excluding hydrogens is 416 g/mol. The summed E-state index contributed by atoms with van der Waals surface area (Å²) in [4.78, 5) is 21.6. The van der Waals surface area contributed by atoms with E-state index in [4.69, 9.17) is 15.6 Å². The van der Waals surface area contributed by atoms with Crippen LogP contribution in [0.15, 0.2) is 35.4 Å². The molecule has 164 valence electrons. The average Bonchev–Trinajstić information content (AvgIpc) is 3.26. The Kier molecular flexibility index (Phi) is 7.24. The van der Waals surface area contributed by atoms with E-state index >= 15 is 0 Å². The van der Waals surface area contributed by atoms with Gasteiger partial charge in [0.05, 0.1) is 28.4 Å². The third kappa shape index (κ3) is 5.59. The first-order valence-electron chi connectivity index (χ1n) is 9.97. The van der Waals surface area contributed by atoms with Crippen LogP contribution >= 0.6 is 0 Å². The lowest BCUT2D eigenvalue weighted by molar-refractivity contribution is -0.116. The van der Waals surface area contributed by atoms with E-state index in [0.717, 1.165) is 23.4 Å². The normalized spacial score (nSPS) is 16.7. The maximum absolute atomic E-state index is 12.2. The minimum Gasteiger partial charge on any atom is -0.414 e. The molecule has 0 saturated carbocycles. The second-order valence-electron chi connectivity index (χ2n) is 7.48. The molecule has 1 aromatic carbocycles. The Morgan fingerprint density at radius 1 is 1.29 bits per heavy atom. The zero-order valence-corrected chi connectivity index (χ0v) is 18.5. The standard InChI is InChI=1S/C21H26N6O3S/c1-12(2)31(29)16-6-4-14(5-7-16)17-11-25-13(3)18(27-17)19(22)30-20(23)21(28)26-15-8-9-24-10-15/h4-7,11-12,15,22-24H,8-10H2,1-3H3,(H,26,28). The van der Waals surface area contributed by atoms with Gasteiger partial charge in [0.2, 0.25) is 5.90 Å². The van der Waals surface area contributed by atoms with Gasteiger partial charge in [0.1, 0.15) is 5.69 Å². The van der Waals surface area contributed by atoms with Crippen LogP contribution in [0, 0.1) is 17.7 Å². The van der Waals surface area contributed by atoms with Gasteiger partial charge in [-0.3, -0.25) is 24.8 Å². The number of hydrogen-bond donors (Lipinski definition) is 4. The van der Waals surface area contributed by atoms with E-state index in [9.17, 15) is 9.00 Å². The first-order valence-corrected chi connectivity index (χ1v) is 11.2. The van der Waals surface area contributed by atoms with Crippen LogP contribution < -0.4 is 10.6 Å². The molecule has 2 heterocycles. The highest BCUT2D eigenvalue weighted by Crippen LogP contribution is 2.21. The molecule has 0 aliphatic carbocycles. The summed E-state index contributed by atoms with van der Waals surface area (Å²) in [6.45, 7) is 6.93. The number of nitrogens with one attached hydrogen (secondary N) is 4. The molecule has 4 N–H and O–H groups in total. The van der Waals surface area contributed by atoms with E-state index in [2.05, 4.69) is 20.6 Å². The van der Waals surface area contributed by atoms with E-state index in [1.807, 2.05) is 13.8 Å². The van der Waals surface area contributed by atoms with Gasteiger partial charge in [0.25, 0.3) is 5.90 Å². The van der Waals surface area contributed by atoms with Crippen LogP contribution in [0.2, 0.25) is 0 Å². The fourth-order valence-electron chi connectivity index (χ4n) is 3.06. The van der Waals surface area contributed by atoms with Crippen LogP contribution in [0.5, 0.6) is 0 Å². The summed E-state index contributed by atoms with van der Waals surface area (Å²) in [5.74, 6) is -1.76. The summed E-state index contributed by atoms with van der Waals surface area (Å²) < 4.78 is 17.4. The van der Waals surface area contributed by atoms with Crippen LogP contribution in [-0.4, -0.2) is 56.3 Å². The van der Waals surface area contributed by atoms with E-state index in [1.54, 1.807) is 37.4 Å². The molecular formula is C21H26N6O3S. The van der Waals surface area contributed by atoms with Crippen molar-refractivity contribution in [1.29, 1.82) is 10.8 Å². The number of aromatic nitrogens is 2. The van der Waals surface area contributed by atoms with Gasteiger partial charge < -0.3 is 15.4 Å². The molecule has 3 rings (SSSR count). The van der Waals surface area contributed by atoms with Gasteiger partial charge in [-0.15, -0.1) is 0 Å². The monoisotopic (exact) mass is 442 g/mol. The third-order valence-corrected chi connectivity index (χ3v) is 6.38. The van der Waals surface area contributed by atoms with Crippen molar-refractivity contribution in [3.63, 3.8) is 0 Å². The first-order chi connectivity index (χ1) is 14.8. The lowest BCUT2D eigenvalue weighted by Gasteiger charge is -2.13. The summed E-state index contributed by atoms with van der Waals surface area (Å²) in [5, 5.41) is 21.9. The smallest absolute Gasteiger partial charge is 0.306 e. The SMILES string of the molecule is Cc1ncc(-c2ccc(S(=O)C(C)C)cc2)nc1C(=N)OC(=N)C(=O)NC1CCNC1. The number of ether oxygens (including phenoxy) is 1. The lowest BCUT2D eigenvalue weighted by Crippen LogP contribution is -2.41. The average molecular weight is 443 g/mol. The summed E-state index contributed by atoms with van der Waals surface area (Å²) in [6, 6.07) is 7.12. The number of hydrogen-bond acceptors (Lipinski definition) is 8. The molecule has 1 aliphatic rings. The number of aryl methyl sites for hydroxylation is 1. The highest BCUT2D eigenvalue weighted by atomic mass is 32.2. The minimum absolute atomic E-state index is 0.0201. The number of benzene rings is 1. The number of rotatable bonds is 5. The molecule has 10 heteroatoms. The molecule has 1 aliphatic heterocycles. The van der Waals surface area contributed by atoms with Crippen LogP contribution in [0.4, 0.5) is 0 Å². The van der Waals surface area contributed by atoms with Gasteiger partial charge in [-0.2, -0.15) is 0 Å². The number of nitrogens with zero attached hydrogens (tertiary/aromatic N) is 2. The van der Waals surface area contributed by atoms with Crippen LogP contribution in [-0.2, 0) is 20.3 Å². The van der Waals surface area contributed by atoms with Gasteiger partial charge in [0, 0.05) is 28.3 Å². The van der Waals surface area contributed by atoms with Gasteiger partial charge in [-0.25, -0.2) is 4.98 Å². The van der Waals surface area contributed by atoms with Crippen molar-refractivity contribution in [3.05, 3.63) is 41.9 Å². The molecule has 1 amide bonds. The van der Waals surface area contributed by atoms with Crippen LogP contribution in [0.1, 0.15) is 31.7 Å². The van der Waals surface area contributed by atoms with Crippen molar-refractivity contribution in [2.24, 2.45) is 0 Å². The van der Waals surface area contributed by atoms with E-state index in [-0.39, 0.29) is 17.0 Å². The molecule has 2 aromatic rings. The van der Waals surface area contributed by atoms with Crippen LogP contribution in [0.3, 0.4) is 0 Å².